The van der Waals surface area contributed by atoms with Gasteiger partial charge in [-0.25, -0.2) is 0 Å². The maximum Gasteiger partial charge on any atom is 0.175 e. The number of nitrogens with zero attached hydrogens (tertiary/aromatic N) is 3. The molecule has 1 aromatic heterocycles. The second-order valence-electron chi connectivity index (χ2n) is 4.49. The summed E-state index contributed by atoms with van der Waals surface area (Å²) in [5.74, 6) is 0.533. The van der Waals surface area contributed by atoms with Gasteiger partial charge >= 0.3 is 0 Å². The summed E-state index contributed by atoms with van der Waals surface area (Å²) in [6.07, 6.45) is 0. The first-order valence-corrected chi connectivity index (χ1v) is 6.40. The minimum atomic E-state index is 0.232. The van der Waals surface area contributed by atoms with Crippen LogP contribution in [0.1, 0.15) is 0 Å². The van der Waals surface area contributed by atoms with Crippen molar-refractivity contribution in [2.75, 3.05) is 11.5 Å². The second kappa shape index (κ2) is 5.46. The molecule has 0 bridgehead atoms. The average molecular weight is 278 g/mol. The van der Waals surface area contributed by atoms with E-state index < -0.39 is 0 Å². The van der Waals surface area contributed by atoms with Crippen molar-refractivity contribution in [2.45, 2.75) is 0 Å². The van der Waals surface area contributed by atoms with Crippen molar-refractivity contribution in [3.63, 3.8) is 0 Å². The van der Waals surface area contributed by atoms with Crippen molar-refractivity contribution in [1.29, 1.82) is 0 Å². The zero-order chi connectivity index (χ0) is 14.7. The molecular formula is C15H14N6. The highest BCUT2D eigenvalue weighted by atomic mass is 15.2. The number of hydrogen-bond donors (Lipinski definition) is 3. The van der Waals surface area contributed by atoms with Gasteiger partial charge in [-0.05, 0) is 23.3 Å². The Balaban J connectivity index is 1.91. The van der Waals surface area contributed by atoms with Crippen LogP contribution in [0.15, 0.2) is 64.8 Å². The van der Waals surface area contributed by atoms with Crippen LogP contribution < -0.4 is 11.5 Å². The molecule has 0 amide bonds. The van der Waals surface area contributed by atoms with Gasteiger partial charge in [0.2, 0.25) is 0 Å². The molecule has 0 aliphatic heterocycles. The highest BCUT2D eigenvalue weighted by Crippen LogP contribution is 2.29. The first-order chi connectivity index (χ1) is 10.2. The van der Waals surface area contributed by atoms with Gasteiger partial charge in [-0.2, -0.15) is 10.2 Å². The Morgan fingerprint density at radius 3 is 2.33 bits per heavy atom. The van der Waals surface area contributed by atoms with Gasteiger partial charge in [0.05, 0.1) is 5.69 Å². The van der Waals surface area contributed by atoms with Crippen molar-refractivity contribution in [2.24, 2.45) is 10.2 Å². The van der Waals surface area contributed by atoms with E-state index in [-0.39, 0.29) is 5.82 Å². The van der Waals surface area contributed by atoms with Crippen LogP contribution in [0.4, 0.5) is 23.0 Å². The van der Waals surface area contributed by atoms with Crippen LogP contribution in [0.3, 0.4) is 0 Å². The predicted molar refractivity (Wildman–Crippen MR) is 83.5 cm³/mol. The molecule has 0 saturated carbocycles. The minimum absolute atomic E-state index is 0.232. The molecule has 1 heterocycles. The molecule has 2 aromatic carbocycles. The number of hydrogen-bond acceptors (Lipinski definition) is 5. The van der Waals surface area contributed by atoms with E-state index in [0.29, 0.717) is 11.5 Å². The second-order valence-corrected chi connectivity index (χ2v) is 4.49. The fourth-order valence-electron chi connectivity index (χ4n) is 1.96. The molecule has 0 radical (unpaired) electrons. The van der Waals surface area contributed by atoms with Crippen LogP contribution in [0, 0.1) is 0 Å². The smallest absolute Gasteiger partial charge is 0.175 e. The van der Waals surface area contributed by atoms with E-state index in [9.17, 15) is 0 Å². The summed E-state index contributed by atoms with van der Waals surface area (Å²) < 4.78 is 0. The van der Waals surface area contributed by atoms with E-state index in [1.165, 1.54) is 0 Å². The Labute approximate surface area is 121 Å². The van der Waals surface area contributed by atoms with Gasteiger partial charge in [-0.1, -0.05) is 42.5 Å². The molecule has 6 heteroatoms. The predicted octanol–water partition coefficient (Wildman–Crippen LogP) is 3.66. The van der Waals surface area contributed by atoms with E-state index in [2.05, 4.69) is 20.4 Å². The number of azo groups is 1. The molecule has 6 nitrogen and oxygen atoms in total. The number of rotatable bonds is 3. The summed E-state index contributed by atoms with van der Waals surface area (Å²) in [4.78, 5) is 0. The molecule has 0 saturated heterocycles. The van der Waals surface area contributed by atoms with Gasteiger partial charge in [0.1, 0.15) is 5.82 Å². The van der Waals surface area contributed by atoms with Crippen LogP contribution >= 0.6 is 0 Å². The van der Waals surface area contributed by atoms with Gasteiger partial charge in [-0.15, -0.1) is 5.11 Å². The third-order valence-corrected chi connectivity index (χ3v) is 3.01. The molecule has 3 aromatic rings. The number of aromatic amines is 1. The number of benzene rings is 2. The van der Waals surface area contributed by atoms with E-state index in [1.807, 2.05) is 54.6 Å². The minimum Gasteiger partial charge on any atom is -0.382 e. The highest BCUT2D eigenvalue weighted by molar-refractivity contribution is 5.70. The van der Waals surface area contributed by atoms with Crippen LogP contribution in [0.25, 0.3) is 11.1 Å². The molecule has 0 aliphatic carbocycles. The number of aromatic nitrogens is 2. The summed E-state index contributed by atoms with van der Waals surface area (Å²) in [5.41, 5.74) is 14.6. The van der Waals surface area contributed by atoms with Crippen molar-refractivity contribution < 1.29 is 0 Å². The molecule has 21 heavy (non-hydrogen) atoms. The monoisotopic (exact) mass is 278 g/mol. The molecule has 3 rings (SSSR count). The first-order valence-electron chi connectivity index (χ1n) is 6.40. The van der Waals surface area contributed by atoms with Crippen LogP contribution in [-0.4, -0.2) is 10.2 Å². The summed E-state index contributed by atoms with van der Waals surface area (Å²) in [7, 11) is 0. The topological polar surface area (TPSA) is 105 Å². The van der Waals surface area contributed by atoms with Crippen molar-refractivity contribution in [1.82, 2.24) is 10.2 Å². The lowest BCUT2D eigenvalue weighted by Crippen LogP contribution is -1.84. The molecule has 0 fully saturated rings. The van der Waals surface area contributed by atoms with Gasteiger partial charge in [0.25, 0.3) is 0 Å². The van der Waals surface area contributed by atoms with Gasteiger partial charge in [0.15, 0.2) is 11.5 Å². The third-order valence-electron chi connectivity index (χ3n) is 3.01. The Kier molecular flexibility index (Phi) is 3.34. The Hall–Kier alpha value is -3.15. The number of nitrogens with two attached hydrogens (primary N) is 2. The van der Waals surface area contributed by atoms with Gasteiger partial charge in [0, 0.05) is 0 Å². The SMILES string of the molecule is Nc1n[nH]c(N)c1N=Nc1cccc(-c2ccccc2)c1. The maximum absolute atomic E-state index is 5.67. The molecule has 0 unspecified atom stereocenters. The molecule has 5 N–H and O–H groups in total. The summed E-state index contributed by atoms with van der Waals surface area (Å²) in [6, 6.07) is 17.8. The zero-order valence-electron chi connectivity index (χ0n) is 11.2. The Morgan fingerprint density at radius 1 is 0.857 bits per heavy atom. The summed E-state index contributed by atoms with van der Waals surface area (Å²) >= 11 is 0. The largest absolute Gasteiger partial charge is 0.382 e. The lowest BCUT2D eigenvalue weighted by molar-refractivity contribution is 1.11. The van der Waals surface area contributed by atoms with Crippen molar-refractivity contribution in [3.05, 3.63) is 54.6 Å². The number of H-pyrrole nitrogens is 1. The van der Waals surface area contributed by atoms with Crippen molar-refractivity contribution >= 4 is 23.0 Å². The lowest BCUT2D eigenvalue weighted by Gasteiger charge is -2.01. The quantitative estimate of drug-likeness (QED) is 0.636. The molecular weight excluding hydrogens is 264 g/mol. The third kappa shape index (κ3) is 2.74. The lowest BCUT2D eigenvalue weighted by atomic mass is 10.1. The van der Waals surface area contributed by atoms with E-state index >= 15 is 0 Å². The summed E-state index contributed by atoms with van der Waals surface area (Å²) in [5, 5.41) is 14.5. The van der Waals surface area contributed by atoms with Crippen LogP contribution in [0.2, 0.25) is 0 Å². The van der Waals surface area contributed by atoms with E-state index in [0.717, 1.165) is 16.8 Å². The van der Waals surface area contributed by atoms with E-state index in [4.69, 9.17) is 11.5 Å². The molecule has 0 spiro atoms. The average Bonchev–Trinajstić information content (AvgIpc) is 2.85. The fraction of sp³-hybridized carbons (Fsp3) is 0. The standard InChI is InChI=1S/C15H14N6/c16-14-13(15(17)21-20-14)19-18-12-8-4-7-11(9-12)10-5-2-1-3-6-10/h1-9H,(H5,16,17,20,21). The van der Waals surface area contributed by atoms with Crippen molar-refractivity contribution in [3.8, 4) is 11.1 Å². The Bertz CT molecular complexity index is 756. The molecule has 104 valence electrons. The fourth-order valence-corrected chi connectivity index (χ4v) is 1.96. The molecule has 0 aliphatic rings. The Morgan fingerprint density at radius 2 is 1.62 bits per heavy atom. The number of nitrogens with one attached hydrogen (secondary N) is 1. The normalized spacial score (nSPS) is 11.0. The number of nitrogen functional groups attached to an aromatic ring is 2. The maximum atomic E-state index is 5.67. The van der Waals surface area contributed by atoms with E-state index in [1.54, 1.807) is 0 Å². The van der Waals surface area contributed by atoms with Crippen LogP contribution in [-0.2, 0) is 0 Å². The van der Waals surface area contributed by atoms with Gasteiger partial charge < -0.3 is 11.5 Å². The highest BCUT2D eigenvalue weighted by Gasteiger charge is 2.06. The zero-order valence-corrected chi connectivity index (χ0v) is 11.2. The van der Waals surface area contributed by atoms with Gasteiger partial charge in [-0.3, -0.25) is 5.10 Å². The number of anilines is 2. The molecule has 0 atom stereocenters. The first kappa shape index (κ1) is 12.9. The summed E-state index contributed by atoms with van der Waals surface area (Å²) in [6.45, 7) is 0. The van der Waals surface area contributed by atoms with Crippen LogP contribution in [0.5, 0.6) is 0 Å².